The molecule has 4 nitrogen and oxygen atoms in total. The second kappa shape index (κ2) is 4.05. The van der Waals surface area contributed by atoms with Crippen molar-refractivity contribution < 1.29 is 17.3 Å². The van der Waals surface area contributed by atoms with Crippen molar-refractivity contribution in [2.24, 2.45) is 0 Å². The lowest BCUT2D eigenvalue weighted by atomic mass is 10.3. The summed E-state index contributed by atoms with van der Waals surface area (Å²) in [5.74, 6) is -1.07. The first-order valence-electron chi connectivity index (χ1n) is 4.45. The van der Waals surface area contributed by atoms with Crippen molar-refractivity contribution in [3.63, 3.8) is 0 Å². The molecule has 1 aromatic heterocycles. The molecule has 0 N–H and O–H groups in total. The van der Waals surface area contributed by atoms with Gasteiger partial charge in [0.25, 0.3) is 0 Å². The fourth-order valence-corrected chi connectivity index (χ4v) is 2.68. The molecule has 0 fully saturated rings. The van der Waals surface area contributed by atoms with Gasteiger partial charge in [0.1, 0.15) is 17.0 Å². The van der Waals surface area contributed by atoms with Crippen LogP contribution in [0.25, 0.3) is 0 Å². The van der Waals surface area contributed by atoms with E-state index in [2.05, 4.69) is 9.68 Å². The summed E-state index contributed by atoms with van der Waals surface area (Å²) < 4.78 is 41.4. The van der Waals surface area contributed by atoms with E-state index < -0.39 is 15.7 Å². The first kappa shape index (κ1) is 10.8. The normalized spacial score (nSPS) is 11.6. The molecule has 0 radical (unpaired) electrons. The van der Waals surface area contributed by atoms with E-state index in [9.17, 15) is 12.8 Å². The predicted octanol–water partition coefficient (Wildman–Crippen LogP) is 1.79. The fourth-order valence-electron chi connectivity index (χ4n) is 1.29. The average Bonchev–Trinajstić information content (AvgIpc) is 2.70. The number of hydrogen-bond acceptors (Lipinski definition) is 4. The van der Waals surface area contributed by atoms with Gasteiger partial charge in [0.15, 0.2) is 9.84 Å². The van der Waals surface area contributed by atoms with Gasteiger partial charge in [-0.2, -0.15) is 0 Å². The molecule has 0 aliphatic rings. The third-order valence-corrected chi connectivity index (χ3v) is 3.73. The van der Waals surface area contributed by atoms with Gasteiger partial charge in [0, 0.05) is 5.56 Å². The number of aromatic nitrogens is 1. The quantitative estimate of drug-likeness (QED) is 0.821. The Labute approximate surface area is 91.6 Å². The van der Waals surface area contributed by atoms with Gasteiger partial charge < -0.3 is 4.52 Å². The molecule has 0 aliphatic heterocycles. The topological polar surface area (TPSA) is 60.2 Å². The summed E-state index contributed by atoms with van der Waals surface area (Å²) in [7, 11) is -3.69. The monoisotopic (exact) mass is 241 g/mol. The van der Waals surface area contributed by atoms with Gasteiger partial charge in [0.2, 0.25) is 0 Å². The summed E-state index contributed by atoms with van der Waals surface area (Å²) in [6, 6.07) is 5.26. The highest BCUT2D eigenvalue weighted by atomic mass is 32.2. The van der Waals surface area contributed by atoms with Crippen molar-refractivity contribution in [2.45, 2.75) is 10.6 Å². The number of hydrogen-bond donors (Lipinski definition) is 0. The Hall–Kier alpha value is -1.69. The molecule has 0 saturated carbocycles. The second-order valence-electron chi connectivity index (χ2n) is 3.22. The molecule has 6 heteroatoms. The second-order valence-corrected chi connectivity index (χ2v) is 5.18. The molecule has 2 aromatic rings. The van der Waals surface area contributed by atoms with Crippen LogP contribution in [0.1, 0.15) is 5.56 Å². The molecule has 0 amide bonds. The Balaban J connectivity index is 2.37. The van der Waals surface area contributed by atoms with Crippen LogP contribution in [0, 0.1) is 5.82 Å². The van der Waals surface area contributed by atoms with Crippen molar-refractivity contribution in [3.05, 3.63) is 48.1 Å². The lowest BCUT2D eigenvalue weighted by molar-refractivity contribution is 0.419. The summed E-state index contributed by atoms with van der Waals surface area (Å²) in [5.41, 5.74) is 0.392. The highest BCUT2D eigenvalue weighted by Crippen LogP contribution is 2.18. The zero-order valence-electron chi connectivity index (χ0n) is 8.13. The molecule has 0 bridgehead atoms. The minimum atomic E-state index is -3.69. The Morgan fingerprint density at radius 3 is 2.69 bits per heavy atom. The van der Waals surface area contributed by atoms with Crippen molar-refractivity contribution in [3.8, 4) is 0 Å². The van der Waals surface area contributed by atoms with Crippen LogP contribution in [0.4, 0.5) is 4.39 Å². The zero-order chi connectivity index (χ0) is 11.6. The summed E-state index contributed by atoms with van der Waals surface area (Å²) in [6.07, 6.45) is 2.51. The van der Waals surface area contributed by atoms with Crippen LogP contribution < -0.4 is 0 Å². The van der Waals surface area contributed by atoms with E-state index >= 15 is 0 Å². The van der Waals surface area contributed by atoms with Gasteiger partial charge in [-0.3, -0.25) is 0 Å². The molecule has 0 unspecified atom stereocenters. The molecule has 16 heavy (non-hydrogen) atoms. The smallest absolute Gasteiger partial charge is 0.185 e. The van der Waals surface area contributed by atoms with Crippen molar-refractivity contribution in [1.29, 1.82) is 0 Å². The van der Waals surface area contributed by atoms with Crippen LogP contribution >= 0.6 is 0 Å². The van der Waals surface area contributed by atoms with Crippen LogP contribution in [0.3, 0.4) is 0 Å². The SMILES string of the molecule is O=S(=O)(Cc1cnoc1)c1ccccc1F. The highest BCUT2D eigenvalue weighted by molar-refractivity contribution is 7.90. The predicted molar refractivity (Wildman–Crippen MR) is 53.8 cm³/mol. The molecule has 0 saturated heterocycles. The van der Waals surface area contributed by atoms with Crippen LogP contribution in [-0.4, -0.2) is 13.6 Å². The Morgan fingerprint density at radius 2 is 2.06 bits per heavy atom. The number of halogens is 1. The van der Waals surface area contributed by atoms with Gasteiger partial charge in [-0.15, -0.1) is 0 Å². The third kappa shape index (κ3) is 2.11. The molecule has 84 valence electrons. The third-order valence-electron chi connectivity index (χ3n) is 2.01. The maximum Gasteiger partial charge on any atom is 0.185 e. The van der Waals surface area contributed by atoms with Crippen LogP contribution in [0.5, 0.6) is 0 Å². The summed E-state index contributed by atoms with van der Waals surface area (Å²) in [5, 5.41) is 3.39. The first-order valence-corrected chi connectivity index (χ1v) is 6.10. The van der Waals surface area contributed by atoms with E-state index in [-0.39, 0.29) is 10.6 Å². The molecular formula is C10H8FNO3S. The summed E-state index contributed by atoms with van der Waals surface area (Å²) in [6.45, 7) is 0. The molecule has 1 heterocycles. The van der Waals surface area contributed by atoms with Crippen LogP contribution in [-0.2, 0) is 15.6 Å². The standard InChI is InChI=1S/C10H8FNO3S/c11-9-3-1-2-4-10(9)16(13,14)7-8-5-12-15-6-8/h1-6H,7H2. The van der Waals surface area contributed by atoms with E-state index in [4.69, 9.17) is 0 Å². The van der Waals surface area contributed by atoms with Gasteiger partial charge in [0.05, 0.1) is 11.9 Å². The number of rotatable bonds is 3. The fraction of sp³-hybridized carbons (Fsp3) is 0.100. The van der Waals surface area contributed by atoms with Crippen molar-refractivity contribution >= 4 is 9.84 Å². The Morgan fingerprint density at radius 1 is 1.31 bits per heavy atom. The number of benzene rings is 1. The van der Waals surface area contributed by atoms with E-state index in [0.29, 0.717) is 5.56 Å². The summed E-state index contributed by atoms with van der Waals surface area (Å²) >= 11 is 0. The van der Waals surface area contributed by atoms with Gasteiger partial charge in [-0.05, 0) is 12.1 Å². The van der Waals surface area contributed by atoms with Gasteiger partial charge >= 0.3 is 0 Å². The average molecular weight is 241 g/mol. The molecule has 0 atom stereocenters. The maximum absolute atomic E-state index is 13.3. The van der Waals surface area contributed by atoms with E-state index in [0.717, 1.165) is 6.07 Å². The Bertz CT molecular complexity index is 578. The van der Waals surface area contributed by atoms with E-state index in [1.54, 1.807) is 0 Å². The molecule has 1 aromatic carbocycles. The van der Waals surface area contributed by atoms with Crippen molar-refractivity contribution in [1.82, 2.24) is 5.16 Å². The summed E-state index contributed by atoms with van der Waals surface area (Å²) in [4.78, 5) is -0.309. The lowest BCUT2D eigenvalue weighted by Crippen LogP contribution is -2.06. The van der Waals surface area contributed by atoms with Gasteiger partial charge in [-0.1, -0.05) is 17.3 Å². The lowest BCUT2D eigenvalue weighted by Gasteiger charge is -2.03. The molecule has 0 aliphatic carbocycles. The molecule has 2 rings (SSSR count). The minimum absolute atomic E-state index is 0.309. The largest absolute Gasteiger partial charge is 0.364 e. The van der Waals surface area contributed by atoms with E-state index in [1.807, 2.05) is 0 Å². The van der Waals surface area contributed by atoms with Crippen LogP contribution in [0.15, 0.2) is 46.1 Å². The van der Waals surface area contributed by atoms with Gasteiger partial charge in [-0.25, -0.2) is 12.8 Å². The van der Waals surface area contributed by atoms with Crippen molar-refractivity contribution in [2.75, 3.05) is 0 Å². The Kier molecular flexibility index (Phi) is 2.74. The number of sulfone groups is 1. The molecule has 0 spiro atoms. The first-order chi connectivity index (χ1) is 7.59. The van der Waals surface area contributed by atoms with E-state index in [1.165, 1.54) is 30.7 Å². The molecular weight excluding hydrogens is 233 g/mol. The minimum Gasteiger partial charge on any atom is -0.364 e. The zero-order valence-corrected chi connectivity index (χ0v) is 8.95. The maximum atomic E-state index is 13.3. The van der Waals surface area contributed by atoms with Crippen LogP contribution in [0.2, 0.25) is 0 Å². The number of nitrogens with zero attached hydrogens (tertiary/aromatic N) is 1. The highest BCUT2D eigenvalue weighted by Gasteiger charge is 2.19.